The highest BCUT2D eigenvalue weighted by Crippen LogP contribution is 2.32. The van der Waals surface area contributed by atoms with E-state index in [9.17, 15) is 18.0 Å². The molecule has 3 nitrogen and oxygen atoms in total. The molecule has 0 aromatic heterocycles. The van der Waals surface area contributed by atoms with Crippen LogP contribution in [0.5, 0.6) is 5.75 Å². The second-order valence-electron chi connectivity index (χ2n) is 6.05. The highest BCUT2D eigenvalue weighted by Gasteiger charge is 2.30. The summed E-state index contributed by atoms with van der Waals surface area (Å²) in [4.78, 5) is 13.7. The number of nitrogens with zero attached hydrogens (tertiary/aromatic N) is 1. The first-order valence-electron chi connectivity index (χ1n) is 8.64. The summed E-state index contributed by atoms with van der Waals surface area (Å²) in [6, 6.07) is 14.1. The third kappa shape index (κ3) is 7.05. The number of rotatable bonds is 8. The Balaban J connectivity index is 2.07. The van der Waals surface area contributed by atoms with Crippen molar-refractivity contribution in [1.82, 2.24) is 4.90 Å². The number of hydrogen-bond acceptors (Lipinski definition) is 3. The van der Waals surface area contributed by atoms with Crippen LogP contribution in [0.2, 0.25) is 0 Å². The number of benzene rings is 2. The van der Waals surface area contributed by atoms with Gasteiger partial charge in [-0.25, -0.2) is 0 Å². The van der Waals surface area contributed by atoms with Crippen molar-refractivity contribution in [2.24, 2.45) is 0 Å². The minimum Gasteiger partial charge on any atom is -0.486 e. The van der Waals surface area contributed by atoms with E-state index in [1.54, 1.807) is 11.9 Å². The molecule has 0 radical (unpaired) electrons. The van der Waals surface area contributed by atoms with Crippen molar-refractivity contribution in [3.05, 3.63) is 65.7 Å². The molecule has 0 bridgehead atoms. The molecule has 1 amide bonds. The Kier molecular flexibility index (Phi) is 8.69. The van der Waals surface area contributed by atoms with Gasteiger partial charge in [0.25, 0.3) is 5.24 Å². The van der Waals surface area contributed by atoms with Crippen LogP contribution in [-0.4, -0.2) is 34.8 Å². The minimum atomic E-state index is -4.38. The highest BCUT2D eigenvalue weighted by molar-refractivity contribution is 9.09. The summed E-state index contributed by atoms with van der Waals surface area (Å²) >= 11 is 4.52. The summed E-state index contributed by atoms with van der Waals surface area (Å²) in [5.74, 6) is 1.04. The van der Waals surface area contributed by atoms with Crippen LogP contribution in [0.3, 0.4) is 0 Å². The molecule has 0 saturated heterocycles. The van der Waals surface area contributed by atoms with Crippen molar-refractivity contribution in [2.45, 2.75) is 18.7 Å². The molecule has 0 saturated carbocycles. The smallest absolute Gasteiger partial charge is 0.416 e. The van der Waals surface area contributed by atoms with E-state index in [-0.39, 0.29) is 11.3 Å². The molecule has 0 aliphatic rings. The summed E-state index contributed by atoms with van der Waals surface area (Å²) in [6.07, 6.45) is -4.25. The van der Waals surface area contributed by atoms with Gasteiger partial charge < -0.3 is 9.64 Å². The number of alkyl halides is 4. The number of amides is 1. The lowest BCUT2D eigenvalue weighted by atomic mass is 10.1. The van der Waals surface area contributed by atoms with Gasteiger partial charge in [-0.05, 0) is 29.8 Å². The van der Waals surface area contributed by atoms with Crippen molar-refractivity contribution in [1.29, 1.82) is 0 Å². The molecule has 2 aromatic rings. The normalized spacial score (nSPS) is 12.5. The first-order valence-corrected chi connectivity index (χ1v) is 10.7. The van der Waals surface area contributed by atoms with Crippen LogP contribution in [0.15, 0.2) is 54.6 Å². The monoisotopic (exact) mass is 475 g/mol. The number of hydrogen-bond donors (Lipinski definition) is 0. The number of carbonyl (C=O) groups is 1. The SMILES string of the molecule is CN(CCC(Oc1ccc(C(F)(F)F)cc1)c1ccccc1)C(=O)SCCBr. The van der Waals surface area contributed by atoms with Crippen LogP contribution in [0.1, 0.15) is 23.7 Å². The van der Waals surface area contributed by atoms with E-state index in [0.29, 0.717) is 24.5 Å². The van der Waals surface area contributed by atoms with Crippen LogP contribution >= 0.6 is 27.7 Å². The molecule has 0 fully saturated rings. The first-order chi connectivity index (χ1) is 13.3. The number of ether oxygens (including phenoxy) is 1. The predicted octanol–water partition coefficient (Wildman–Crippen LogP) is 6.40. The molecule has 0 N–H and O–H groups in total. The predicted molar refractivity (Wildman–Crippen MR) is 110 cm³/mol. The summed E-state index contributed by atoms with van der Waals surface area (Å²) < 4.78 is 44.2. The number of halogens is 4. The Labute approximate surface area is 175 Å². The Bertz CT molecular complexity index is 741. The maximum Gasteiger partial charge on any atom is 0.416 e. The van der Waals surface area contributed by atoms with E-state index in [2.05, 4.69) is 15.9 Å². The lowest BCUT2D eigenvalue weighted by molar-refractivity contribution is -0.137. The van der Waals surface area contributed by atoms with Gasteiger partial charge in [0.15, 0.2) is 0 Å². The van der Waals surface area contributed by atoms with E-state index < -0.39 is 11.7 Å². The van der Waals surface area contributed by atoms with Crippen molar-refractivity contribution >= 4 is 32.9 Å². The Hall–Kier alpha value is -1.67. The van der Waals surface area contributed by atoms with E-state index >= 15 is 0 Å². The molecule has 28 heavy (non-hydrogen) atoms. The topological polar surface area (TPSA) is 29.5 Å². The van der Waals surface area contributed by atoms with Crippen LogP contribution in [0.4, 0.5) is 18.0 Å². The van der Waals surface area contributed by atoms with Crippen molar-refractivity contribution in [3.8, 4) is 5.75 Å². The fraction of sp³-hybridized carbons (Fsp3) is 0.350. The molecule has 0 aliphatic heterocycles. The summed E-state index contributed by atoms with van der Waals surface area (Å²) in [5, 5.41) is 0.710. The molecule has 1 atom stereocenters. The van der Waals surface area contributed by atoms with Crippen molar-refractivity contribution in [2.75, 3.05) is 24.7 Å². The molecular weight excluding hydrogens is 455 g/mol. The zero-order chi connectivity index (χ0) is 20.6. The van der Waals surface area contributed by atoms with Crippen molar-refractivity contribution < 1.29 is 22.7 Å². The lowest BCUT2D eigenvalue weighted by Gasteiger charge is -2.23. The molecule has 2 rings (SSSR count). The molecule has 8 heteroatoms. The average Bonchev–Trinajstić information content (AvgIpc) is 2.69. The van der Waals surface area contributed by atoms with Gasteiger partial charge in [-0.15, -0.1) is 0 Å². The summed E-state index contributed by atoms with van der Waals surface area (Å²) in [5.41, 5.74) is 0.182. The van der Waals surface area contributed by atoms with Gasteiger partial charge in [0.05, 0.1) is 5.56 Å². The standard InChI is InChI=1S/C20H21BrF3NO2S/c1-25(19(26)28-14-12-21)13-11-18(15-5-3-2-4-6-15)27-17-9-7-16(8-10-17)20(22,23)24/h2-10,18H,11-14H2,1H3. The van der Waals surface area contributed by atoms with Gasteiger partial charge in [0.2, 0.25) is 0 Å². The van der Waals surface area contributed by atoms with E-state index in [1.807, 2.05) is 30.3 Å². The maximum absolute atomic E-state index is 12.7. The van der Waals surface area contributed by atoms with Gasteiger partial charge in [-0.3, -0.25) is 4.79 Å². The van der Waals surface area contributed by atoms with Crippen molar-refractivity contribution in [3.63, 3.8) is 0 Å². The highest BCUT2D eigenvalue weighted by atomic mass is 79.9. The Morgan fingerprint density at radius 2 is 1.79 bits per heavy atom. The van der Waals surface area contributed by atoms with Gasteiger partial charge >= 0.3 is 6.18 Å². The molecule has 0 spiro atoms. The number of carbonyl (C=O) groups excluding carboxylic acids is 1. The molecular formula is C20H21BrF3NO2S. The molecule has 0 heterocycles. The fourth-order valence-electron chi connectivity index (χ4n) is 2.49. The van der Waals surface area contributed by atoms with Gasteiger partial charge in [0.1, 0.15) is 11.9 Å². The summed E-state index contributed by atoms with van der Waals surface area (Å²) in [6.45, 7) is 0.467. The first kappa shape index (κ1) is 22.6. The van der Waals surface area contributed by atoms with E-state index in [0.717, 1.165) is 23.0 Å². The van der Waals surface area contributed by atoms with Gasteiger partial charge in [-0.2, -0.15) is 13.2 Å². The van der Waals surface area contributed by atoms with Crippen LogP contribution in [0.25, 0.3) is 0 Å². The van der Waals surface area contributed by atoms with E-state index in [4.69, 9.17) is 4.74 Å². The van der Waals surface area contributed by atoms with Gasteiger partial charge in [-0.1, -0.05) is 58.0 Å². The largest absolute Gasteiger partial charge is 0.486 e. The molecule has 1 unspecified atom stereocenters. The van der Waals surface area contributed by atoms with Crippen LogP contribution in [0, 0.1) is 0 Å². The minimum absolute atomic E-state index is 0.0270. The van der Waals surface area contributed by atoms with Crippen LogP contribution < -0.4 is 4.74 Å². The zero-order valence-electron chi connectivity index (χ0n) is 15.3. The number of thioether (sulfide) groups is 1. The Morgan fingerprint density at radius 3 is 2.36 bits per heavy atom. The zero-order valence-corrected chi connectivity index (χ0v) is 17.7. The molecule has 2 aromatic carbocycles. The average molecular weight is 476 g/mol. The molecule has 152 valence electrons. The Morgan fingerprint density at radius 1 is 1.14 bits per heavy atom. The van der Waals surface area contributed by atoms with Gasteiger partial charge in [0, 0.05) is 31.1 Å². The second kappa shape index (κ2) is 10.8. The fourth-order valence-corrected chi connectivity index (χ4v) is 3.54. The summed E-state index contributed by atoms with van der Waals surface area (Å²) in [7, 11) is 1.73. The quantitative estimate of drug-likeness (QED) is 0.414. The van der Waals surface area contributed by atoms with E-state index in [1.165, 1.54) is 23.9 Å². The lowest BCUT2D eigenvalue weighted by Crippen LogP contribution is -2.26. The third-order valence-corrected chi connectivity index (χ3v) is 5.86. The third-order valence-electron chi connectivity index (χ3n) is 3.97. The maximum atomic E-state index is 12.7. The molecule has 0 aliphatic carbocycles. The van der Waals surface area contributed by atoms with Crippen LogP contribution in [-0.2, 0) is 6.18 Å². The second-order valence-corrected chi connectivity index (χ2v) is 7.89.